The van der Waals surface area contributed by atoms with Gasteiger partial charge in [0.1, 0.15) is 5.78 Å². The molecule has 0 atom stereocenters. The van der Waals surface area contributed by atoms with Gasteiger partial charge in [0, 0.05) is 12.8 Å². The lowest BCUT2D eigenvalue weighted by atomic mass is 10.1. The van der Waals surface area contributed by atoms with E-state index in [2.05, 4.69) is 6.92 Å². The largest absolute Gasteiger partial charge is 0.330 e. The molecule has 0 aliphatic heterocycles. The van der Waals surface area contributed by atoms with Crippen LogP contribution in [0.3, 0.4) is 0 Å². The molecule has 0 spiro atoms. The van der Waals surface area contributed by atoms with Crippen molar-refractivity contribution in [2.75, 3.05) is 6.54 Å². The van der Waals surface area contributed by atoms with Gasteiger partial charge < -0.3 is 5.73 Å². The molecule has 0 saturated heterocycles. The molecule has 0 heterocycles. The number of nitrogens with two attached hydrogens (primary N) is 1. The van der Waals surface area contributed by atoms with Gasteiger partial charge in [0.15, 0.2) is 0 Å². The van der Waals surface area contributed by atoms with Crippen LogP contribution in [0.4, 0.5) is 0 Å². The molecule has 72 valence electrons. The molecule has 0 saturated carbocycles. The van der Waals surface area contributed by atoms with Crippen molar-refractivity contribution in [2.45, 2.75) is 51.9 Å². The Morgan fingerprint density at radius 2 is 1.75 bits per heavy atom. The average molecular weight is 171 g/mol. The molecule has 0 aromatic rings. The maximum Gasteiger partial charge on any atom is 0.134 e. The van der Waals surface area contributed by atoms with Crippen LogP contribution in [0.5, 0.6) is 0 Å². The van der Waals surface area contributed by atoms with Gasteiger partial charge in [-0.2, -0.15) is 0 Å². The summed E-state index contributed by atoms with van der Waals surface area (Å²) in [6.45, 7) is 2.70. The third-order valence-electron chi connectivity index (χ3n) is 1.98. The van der Waals surface area contributed by atoms with E-state index in [9.17, 15) is 4.79 Å². The van der Waals surface area contributed by atoms with Gasteiger partial charge in [0.25, 0.3) is 0 Å². The summed E-state index contributed by atoms with van der Waals surface area (Å²) in [6.07, 6.45) is 7.38. The lowest BCUT2D eigenvalue weighted by Crippen LogP contribution is -2.07. The highest BCUT2D eigenvalue weighted by Gasteiger charge is 1.98. The third kappa shape index (κ3) is 7.73. The van der Waals surface area contributed by atoms with Crippen molar-refractivity contribution in [1.82, 2.24) is 0 Å². The molecule has 0 aromatic heterocycles. The third-order valence-corrected chi connectivity index (χ3v) is 1.98. The molecular weight excluding hydrogens is 150 g/mol. The number of carbonyl (C=O) groups excluding carboxylic acids is 1. The van der Waals surface area contributed by atoms with Crippen LogP contribution in [-0.4, -0.2) is 12.3 Å². The standard InChI is InChI=1S/C10H21NO/c1-2-3-4-5-6-7-10(12)8-9-11/h2-9,11H2,1H3. The second kappa shape index (κ2) is 8.72. The Balaban J connectivity index is 3.03. The molecule has 0 aromatic carbocycles. The van der Waals surface area contributed by atoms with Crippen molar-refractivity contribution in [3.63, 3.8) is 0 Å². The maximum atomic E-state index is 11.0. The minimum absolute atomic E-state index is 0.328. The zero-order chi connectivity index (χ0) is 9.23. The number of hydrogen-bond acceptors (Lipinski definition) is 2. The zero-order valence-corrected chi connectivity index (χ0v) is 8.14. The van der Waals surface area contributed by atoms with Gasteiger partial charge in [-0.15, -0.1) is 0 Å². The summed E-state index contributed by atoms with van der Waals surface area (Å²) in [4.78, 5) is 11.0. The fourth-order valence-electron chi connectivity index (χ4n) is 1.21. The molecule has 0 fully saturated rings. The number of ketones is 1. The number of Topliss-reactive ketones (excluding diaryl/α,β-unsaturated/α-hetero) is 1. The van der Waals surface area contributed by atoms with Gasteiger partial charge in [0.2, 0.25) is 0 Å². The maximum absolute atomic E-state index is 11.0. The highest BCUT2D eigenvalue weighted by molar-refractivity contribution is 5.78. The Morgan fingerprint density at radius 1 is 1.08 bits per heavy atom. The van der Waals surface area contributed by atoms with E-state index in [1.54, 1.807) is 0 Å². The highest BCUT2D eigenvalue weighted by Crippen LogP contribution is 2.05. The zero-order valence-electron chi connectivity index (χ0n) is 8.14. The first-order valence-electron chi connectivity index (χ1n) is 5.03. The van der Waals surface area contributed by atoms with Gasteiger partial charge in [-0.05, 0) is 13.0 Å². The van der Waals surface area contributed by atoms with Crippen LogP contribution in [-0.2, 0) is 4.79 Å². The van der Waals surface area contributed by atoms with E-state index in [1.165, 1.54) is 25.7 Å². The van der Waals surface area contributed by atoms with Crippen LogP contribution < -0.4 is 5.73 Å². The Bertz CT molecular complexity index is 112. The second-order valence-electron chi connectivity index (χ2n) is 3.24. The van der Waals surface area contributed by atoms with Gasteiger partial charge in [-0.1, -0.05) is 32.6 Å². The quantitative estimate of drug-likeness (QED) is 0.569. The topological polar surface area (TPSA) is 43.1 Å². The van der Waals surface area contributed by atoms with Gasteiger partial charge >= 0.3 is 0 Å². The predicted molar refractivity (Wildman–Crippen MR) is 52.1 cm³/mol. The molecule has 0 unspecified atom stereocenters. The van der Waals surface area contributed by atoms with E-state index in [0.717, 1.165) is 12.8 Å². The first-order valence-corrected chi connectivity index (χ1v) is 5.03. The molecule has 0 radical (unpaired) electrons. The van der Waals surface area contributed by atoms with Crippen molar-refractivity contribution in [2.24, 2.45) is 5.73 Å². The molecule has 0 aliphatic rings. The SMILES string of the molecule is CCCCCCCC(=O)CCN. The fraction of sp³-hybridized carbons (Fsp3) is 0.900. The summed E-state index contributed by atoms with van der Waals surface area (Å²) in [6, 6.07) is 0. The molecule has 0 bridgehead atoms. The van der Waals surface area contributed by atoms with Crippen LogP contribution in [0.25, 0.3) is 0 Å². The van der Waals surface area contributed by atoms with Crippen molar-refractivity contribution >= 4 is 5.78 Å². The second-order valence-corrected chi connectivity index (χ2v) is 3.24. The molecule has 2 N–H and O–H groups in total. The van der Waals surface area contributed by atoms with E-state index >= 15 is 0 Å². The molecule has 12 heavy (non-hydrogen) atoms. The predicted octanol–water partition coefficient (Wildman–Crippen LogP) is 2.26. The first-order chi connectivity index (χ1) is 5.81. The Labute approximate surface area is 75.5 Å². The monoisotopic (exact) mass is 171 g/mol. The summed E-state index contributed by atoms with van der Waals surface area (Å²) < 4.78 is 0. The van der Waals surface area contributed by atoms with Crippen LogP contribution in [0.15, 0.2) is 0 Å². The number of unbranched alkanes of at least 4 members (excludes halogenated alkanes) is 4. The van der Waals surface area contributed by atoms with E-state index in [-0.39, 0.29) is 0 Å². The van der Waals surface area contributed by atoms with E-state index in [1.807, 2.05) is 0 Å². The molecule has 0 aliphatic carbocycles. The van der Waals surface area contributed by atoms with Crippen molar-refractivity contribution < 1.29 is 4.79 Å². The molecule has 2 nitrogen and oxygen atoms in total. The Morgan fingerprint density at radius 3 is 2.33 bits per heavy atom. The Kier molecular flexibility index (Phi) is 8.46. The number of hydrogen-bond donors (Lipinski definition) is 1. The molecule has 0 rings (SSSR count). The summed E-state index contributed by atoms with van der Waals surface area (Å²) >= 11 is 0. The summed E-state index contributed by atoms with van der Waals surface area (Å²) in [5.74, 6) is 0.328. The van der Waals surface area contributed by atoms with Crippen LogP contribution in [0.1, 0.15) is 51.9 Å². The summed E-state index contributed by atoms with van der Waals surface area (Å²) in [7, 11) is 0. The van der Waals surface area contributed by atoms with Gasteiger partial charge in [-0.25, -0.2) is 0 Å². The molecular formula is C10H21NO. The Hall–Kier alpha value is -0.370. The minimum Gasteiger partial charge on any atom is -0.330 e. The van der Waals surface area contributed by atoms with Crippen molar-refractivity contribution in [3.05, 3.63) is 0 Å². The smallest absolute Gasteiger partial charge is 0.134 e. The van der Waals surface area contributed by atoms with E-state index in [0.29, 0.717) is 18.7 Å². The first kappa shape index (κ1) is 11.6. The van der Waals surface area contributed by atoms with Crippen LogP contribution >= 0.6 is 0 Å². The number of rotatable bonds is 8. The summed E-state index contributed by atoms with van der Waals surface area (Å²) in [5.41, 5.74) is 5.26. The lowest BCUT2D eigenvalue weighted by molar-refractivity contribution is -0.119. The minimum atomic E-state index is 0.328. The van der Waals surface area contributed by atoms with Crippen LogP contribution in [0, 0.1) is 0 Å². The van der Waals surface area contributed by atoms with Crippen molar-refractivity contribution in [1.29, 1.82) is 0 Å². The average Bonchev–Trinajstić information content (AvgIpc) is 2.05. The van der Waals surface area contributed by atoms with Crippen LogP contribution in [0.2, 0.25) is 0 Å². The molecule has 0 amide bonds. The van der Waals surface area contributed by atoms with Gasteiger partial charge in [0.05, 0.1) is 0 Å². The lowest BCUT2D eigenvalue weighted by Gasteiger charge is -1.98. The van der Waals surface area contributed by atoms with E-state index < -0.39 is 0 Å². The van der Waals surface area contributed by atoms with E-state index in [4.69, 9.17) is 5.73 Å². The highest BCUT2D eigenvalue weighted by atomic mass is 16.1. The normalized spacial score (nSPS) is 10.2. The summed E-state index contributed by atoms with van der Waals surface area (Å²) in [5, 5.41) is 0. The van der Waals surface area contributed by atoms with Crippen molar-refractivity contribution in [3.8, 4) is 0 Å². The molecule has 2 heteroatoms. The van der Waals surface area contributed by atoms with Gasteiger partial charge in [-0.3, -0.25) is 4.79 Å². The number of carbonyl (C=O) groups is 1. The fourth-order valence-corrected chi connectivity index (χ4v) is 1.21.